The van der Waals surface area contributed by atoms with E-state index < -0.39 is 10.0 Å². The smallest absolute Gasteiger partial charge is 0.209 e. The summed E-state index contributed by atoms with van der Waals surface area (Å²) in [6.45, 7) is 1.82. The standard InChI is InChI=1S/C13H17NO3S/c1-11(14-18(2,16)17)13-8-5-7-12(10-13)6-3-4-9-15/h5,7-8,10-11,14-15H,4,9H2,1-2H3. The highest BCUT2D eigenvalue weighted by atomic mass is 32.2. The van der Waals surface area contributed by atoms with Crippen molar-refractivity contribution in [1.82, 2.24) is 4.72 Å². The lowest BCUT2D eigenvalue weighted by Gasteiger charge is -2.12. The molecule has 0 amide bonds. The first-order valence-corrected chi connectivity index (χ1v) is 7.48. The van der Waals surface area contributed by atoms with E-state index in [0.717, 1.165) is 17.4 Å². The van der Waals surface area contributed by atoms with Crippen molar-refractivity contribution in [3.8, 4) is 11.8 Å². The highest BCUT2D eigenvalue weighted by Crippen LogP contribution is 2.14. The maximum absolute atomic E-state index is 11.1. The topological polar surface area (TPSA) is 66.4 Å². The van der Waals surface area contributed by atoms with Crippen LogP contribution in [-0.2, 0) is 10.0 Å². The third-order valence-corrected chi connectivity index (χ3v) is 3.03. The Bertz CT molecular complexity index is 555. The molecule has 1 rings (SSSR count). The lowest BCUT2D eigenvalue weighted by Crippen LogP contribution is -2.25. The summed E-state index contributed by atoms with van der Waals surface area (Å²) >= 11 is 0. The van der Waals surface area contributed by atoms with Crippen LogP contribution in [0.5, 0.6) is 0 Å². The van der Waals surface area contributed by atoms with Crippen LogP contribution in [0.2, 0.25) is 0 Å². The van der Waals surface area contributed by atoms with E-state index in [0.29, 0.717) is 6.42 Å². The van der Waals surface area contributed by atoms with Crippen LogP contribution in [0.3, 0.4) is 0 Å². The van der Waals surface area contributed by atoms with Gasteiger partial charge >= 0.3 is 0 Å². The third-order valence-electron chi connectivity index (χ3n) is 2.25. The zero-order valence-electron chi connectivity index (χ0n) is 10.5. The maximum atomic E-state index is 11.1. The van der Waals surface area contributed by atoms with E-state index >= 15 is 0 Å². The zero-order valence-corrected chi connectivity index (χ0v) is 11.3. The van der Waals surface area contributed by atoms with E-state index in [2.05, 4.69) is 16.6 Å². The van der Waals surface area contributed by atoms with Crippen LogP contribution >= 0.6 is 0 Å². The molecule has 4 nitrogen and oxygen atoms in total. The number of aliphatic hydroxyl groups excluding tert-OH is 1. The van der Waals surface area contributed by atoms with E-state index in [1.54, 1.807) is 6.92 Å². The number of hydrogen-bond acceptors (Lipinski definition) is 3. The SMILES string of the molecule is CC(NS(C)(=O)=O)c1cccc(C#CCCO)c1. The predicted octanol–water partition coefficient (Wildman–Crippen LogP) is 1.03. The van der Waals surface area contributed by atoms with Gasteiger partial charge in [-0.2, -0.15) is 0 Å². The largest absolute Gasteiger partial charge is 0.395 e. The Hall–Kier alpha value is -1.35. The molecule has 2 N–H and O–H groups in total. The Labute approximate surface area is 108 Å². The van der Waals surface area contributed by atoms with Crippen LogP contribution in [0.15, 0.2) is 24.3 Å². The molecule has 0 fully saturated rings. The number of benzene rings is 1. The Kier molecular flexibility index (Phi) is 5.35. The molecule has 0 radical (unpaired) electrons. The lowest BCUT2D eigenvalue weighted by molar-refractivity contribution is 0.305. The summed E-state index contributed by atoms with van der Waals surface area (Å²) in [5.74, 6) is 5.74. The molecule has 98 valence electrons. The van der Waals surface area contributed by atoms with Gasteiger partial charge in [-0.15, -0.1) is 0 Å². The molecule has 0 aliphatic carbocycles. The summed E-state index contributed by atoms with van der Waals surface area (Å²) < 4.78 is 24.8. The Balaban J connectivity index is 2.86. The van der Waals surface area contributed by atoms with Gasteiger partial charge < -0.3 is 5.11 Å². The van der Waals surface area contributed by atoms with Crippen molar-refractivity contribution >= 4 is 10.0 Å². The minimum atomic E-state index is -3.22. The summed E-state index contributed by atoms with van der Waals surface area (Å²) in [6.07, 6.45) is 1.57. The van der Waals surface area contributed by atoms with Gasteiger partial charge in [0.1, 0.15) is 0 Å². The van der Waals surface area contributed by atoms with Crippen molar-refractivity contribution < 1.29 is 13.5 Å². The van der Waals surface area contributed by atoms with Gasteiger partial charge in [-0.05, 0) is 24.6 Å². The normalized spacial score (nSPS) is 12.6. The zero-order chi connectivity index (χ0) is 13.6. The molecule has 0 aliphatic heterocycles. The molecule has 0 aliphatic rings. The first-order chi connectivity index (χ1) is 8.42. The van der Waals surface area contributed by atoms with E-state index in [1.165, 1.54) is 0 Å². The van der Waals surface area contributed by atoms with Crippen LogP contribution < -0.4 is 4.72 Å². The number of sulfonamides is 1. The second kappa shape index (κ2) is 6.55. The minimum absolute atomic E-state index is 0.0404. The highest BCUT2D eigenvalue weighted by molar-refractivity contribution is 7.88. The molecule has 0 saturated carbocycles. The van der Waals surface area contributed by atoms with Crippen molar-refractivity contribution in [2.45, 2.75) is 19.4 Å². The average molecular weight is 267 g/mol. The molecule has 0 aromatic heterocycles. The Morgan fingerprint density at radius 1 is 1.44 bits per heavy atom. The van der Waals surface area contributed by atoms with Crippen LogP contribution in [0.4, 0.5) is 0 Å². The number of hydrogen-bond donors (Lipinski definition) is 2. The maximum Gasteiger partial charge on any atom is 0.209 e. The summed E-state index contributed by atoms with van der Waals surface area (Å²) in [7, 11) is -3.22. The van der Waals surface area contributed by atoms with Gasteiger partial charge in [0, 0.05) is 18.0 Å². The highest BCUT2D eigenvalue weighted by Gasteiger charge is 2.10. The summed E-state index contributed by atoms with van der Waals surface area (Å²) in [6, 6.07) is 7.08. The van der Waals surface area contributed by atoms with Crippen molar-refractivity contribution in [3.05, 3.63) is 35.4 Å². The van der Waals surface area contributed by atoms with Crippen LogP contribution in [0, 0.1) is 11.8 Å². The second-order valence-electron chi connectivity index (χ2n) is 4.01. The Morgan fingerprint density at radius 2 is 2.17 bits per heavy atom. The van der Waals surface area contributed by atoms with Gasteiger partial charge in [0.05, 0.1) is 12.9 Å². The monoisotopic (exact) mass is 267 g/mol. The number of aliphatic hydroxyl groups is 1. The fourth-order valence-corrected chi connectivity index (χ4v) is 2.27. The minimum Gasteiger partial charge on any atom is -0.395 e. The molecule has 1 unspecified atom stereocenters. The van der Waals surface area contributed by atoms with E-state index in [9.17, 15) is 8.42 Å². The second-order valence-corrected chi connectivity index (χ2v) is 5.79. The molecular formula is C13H17NO3S. The molecule has 0 bridgehead atoms. The number of rotatable bonds is 4. The molecule has 5 heteroatoms. The van der Waals surface area contributed by atoms with E-state index in [1.807, 2.05) is 24.3 Å². The summed E-state index contributed by atoms with van der Waals surface area (Å²) in [5, 5.41) is 8.64. The fraction of sp³-hybridized carbons (Fsp3) is 0.385. The van der Waals surface area contributed by atoms with Crippen molar-refractivity contribution in [3.63, 3.8) is 0 Å². The number of nitrogens with one attached hydrogen (secondary N) is 1. The lowest BCUT2D eigenvalue weighted by atomic mass is 10.1. The van der Waals surface area contributed by atoms with Gasteiger partial charge in [0.2, 0.25) is 10.0 Å². The quantitative estimate of drug-likeness (QED) is 0.801. The molecule has 0 saturated heterocycles. The molecule has 18 heavy (non-hydrogen) atoms. The molecular weight excluding hydrogens is 250 g/mol. The summed E-state index contributed by atoms with van der Waals surface area (Å²) in [5.41, 5.74) is 1.67. The van der Waals surface area contributed by atoms with Crippen molar-refractivity contribution in [2.75, 3.05) is 12.9 Å². The van der Waals surface area contributed by atoms with Gasteiger partial charge in [-0.3, -0.25) is 0 Å². The molecule has 0 spiro atoms. The molecule has 1 aromatic carbocycles. The molecule has 1 atom stereocenters. The van der Waals surface area contributed by atoms with Crippen molar-refractivity contribution in [1.29, 1.82) is 0 Å². The fourth-order valence-electron chi connectivity index (χ4n) is 1.50. The van der Waals surface area contributed by atoms with Crippen LogP contribution in [0.1, 0.15) is 30.5 Å². The predicted molar refractivity (Wildman–Crippen MR) is 71.4 cm³/mol. The third kappa shape index (κ3) is 5.32. The van der Waals surface area contributed by atoms with Crippen LogP contribution in [-0.4, -0.2) is 26.4 Å². The molecule has 1 aromatic rings. The van der Waals surface area contributed by atoms with Crippen molar-refractivity contribution in [2.24, 2.45) is 0 Å². The van der Waals surface area contributed by atoms with E-state index in [-0.39, 0.29) is 12.6 Å². The van der Waals surface area contributed by atoms with Crippen LogP contribution in [0.25, 0.3) is 0 Å². The Morgan fingerprint density at radius 3 is 2.78 bits per heavy atom. The summed E-state index contributed by atoms with van der Waals surface area (Å²) in [4.78, 5) is 0. The first kappa shape index (κ1) is 14.7. The van der Waals surface area contributed by atoms with Gasteiger partial charge in [-0.25, -0.2) is 13.1 Å². The van der Waals surface area contributed by atoms with Gasteiger partial charge in [0.15, 0.2) is 0 Å². The average Bonchev–Trinajstić information content (AvgIpc) is 2.27. The van der Waals surface area contributed by atoms with Gasteiger partial charge in [0.25, 0.3) is 0 Å². The van der Waals surface area contributed by atoms with Gasteiger partial charge in [-0.1, -0.05) is 24.0 Å². The first-order valence-electron chi connectivity index (χ1n) is 5.59. The van der Waals surface area contributed by atoms with E-state index in [4.69, 9.17) is 5.11 Å². The molecule has 0 heterocycles.